The summed E-state index contributed by atoms with van der Waals surface area (Å²) in [5, 5.41) is 3.51. The number of rotatable bonds is 6. The van der Waals surface area contributed by atoms with Crippen LogP contribution in [0.1, 0.15) is 30.0 Å². The van der Waals surface area contributed by atoms with Crippen molar-refractivity contribution in [2.45, 2.75) is 33.7 Å². The zero-order valence-corrected chi connectivity index (χ0v) is 13.6. The molecule has 0 aliphatic carbocycles. The zero-order chi connectivity index (χ0) is 15.2. The first-order valence-electron chi connectivity index (χ1n) is 7.72. The standard InChI is InChI=1S/C19H26N2/c1-5-12-20-14-17-13-16(3)8-11-19(17)21(4)18-9-6-15(2)7-10-18/h6-11,13,20H,5,12,14H2,1-4H3. The second-order valence-electron chi connectivity index (χ2n) is 5.70. The molecule has 2 aromatic carbocycles. The summed E-state index contributed by atoms with van der Waals surface area (Å²) in [6.45, 7) is 8.44. The van der Waals surface area contributed by atoms with E-state index in [1.54, 1.807) is 0 Å². The number of hydrogen-bond donors (Lipinski definition) is 1. The minimum absolute atomic E-state index is 0.918. The number of nitrogens with one attached hydrogen (secondary N) is 1. The molecule has 0 aromatic heterocycles. The van der Waals surface area contributed by atoms with Gasteiger partial charge in [-0.05, 0) is 50.6 Å². The molecule has 0 saturated carbocycles. The van der Waals surface area contributed by atoms with Gasteiger partial charge < -0.3 is 10.2 Å². The van der Waals surface area contributed by atoms with Crippen molar-refractivity contribution in [3.05, 3.63) is 59.2 Å². The highest BCUT2D eigenvalue weighted by Crippen LogP contribution is 2.28. The Morgan fingerprint density at radius 2 is 1.62 bits per heavy atom. The Bertz CT molecular complexity index is 573. The minimum Gasteiger partial charge on any atom is -0.344 e. The summed E-state index contributed by atoms with van der Waals surface area (Å²) < 4.78 is 0. The highest BCUT2D eigenvalue weighted by Gasteiger charge is 2.09. The van der Waals surface area contributed by atoms with E-state index < -0.39 is 0 Å². The van der Waals surface area contributed by atoms with Crippen LogP contribution in [-0.4, -0.2) is 13.6 Å². The normalized spacial score (nSPS) is 10.7. The lowest BCUT2D eigenvalue weighted by Crippen LogP contribution is -2.18. The molecule has 0 spiro atoms. The topological polar surface area (TPSA) is 15.3 Å². The zero-order valence-electron chi connectivity index (χ0n) is 13.6. The van der Waals surface area contributed by atoms with E-state index in [2.05, 4.69) is 80.5 Å². The molecular weight excluding hydrogens is 256 g/mol. The van der Waals surface area contributed by atoms with E-state index in [0.717, 1.165) is 19.5 Å². The lowest BCUT2D eigenvalue weighted by Gasteiger charge is -2.23. The Hall–Kier alpha value is -1.80. The maximum atomic E-state index is 3.51. The van der Waals surface area contributed by atoms with Gasteiger partial charge in [0.1, 0.15) is 0 Å². The van der Waals surface area contributed by atoms with Crippen molar-refractivity contribution >= 4 is 11.4 Å². The van der Waals surface area contributed by atoms with Crippen LogP contribution in [0.15, 0.2) is 42.5 Å². The monoisotopic (exact) mass is 282 g/mol. The lowest BCUT2D eigenvalue weighted by molar-refractivity contribution is 0.675. The number of aryl methyl sites for hydroxylation is 2. The molecule has 2 aromatic rings. The van der Waals surface area contributed by atoms with Gasteiger partial charge in [0.15, 0.2) is 0 Å². The summed E-state index contributed by atoms with van der Waals surface area (Å²) in [6.07, 6.45) is 1.16. The van der Waals surface area contributed by atoms with Gasteiger partial charge in [-0.1, -0.05) is 42.3 Å². The van der Waals surface area contributed by atoms with E-state index in [9.17, 15) is 0 Å². The summed E-state index contributed by atoms with van der Waals surface area (Å²) in [5.74, 6) is 0. The second kappa shape index (κ2) is 7.28. The second-order valence-corrected chi connectivity index (χ2v) is 5.70. The first kappa shape index (κ1) is 15.6. The van der Waals surface area contributed by atoms with Gasteiger partial charge in [-0.25, -0.2) is 0 Å². The number of nitrogens with zero attached hydrogens (tertiary/aromatic N) is 1. The van der Waals surface area contributed by atoms with Crippen LogP contribution in [0, 0.1) is 13.8 Å². The van der Waals surface area contributed by atoms with E-state index in [4.69, 9.17) is 0 Å². The van der Waals surface area contributed by atoms with Gasteiger partial charge >= 0.3 is 0 Å². The molecule has 0 unspecified atom stereocenters. The van der Waals surface area contributed by atoms with Gasteiger partial charge in [0.05, 0.1) is 0 Å². The van der Waals surface area contributed by atoms with Crippen LogP contribution in [0.3, 0.4) is 0 Å². The number of hydrogen-bond acceptors (Lipinski definition) is 2. The molecule has 2 heteroatoms. The van der Waals surface area contributed by atoms with Gasteiger partial charge in [-0.15, -0.1) is 0 Å². The third-order valence-corrected chi connectivity index (χ3v) is 3.76. The Morgan fingerprint density at radius 1 is 0.952 bits per heavy atom. The van der Waals surface area contributed by atoms with E-state index in [1.165, 1.54) is 28.1 Å². The Balaban J connectivity index is 2.26. The van der Waals surface area contributed by atoms with Crippen molar-refractivity contribution in [1.29, 1.82) is 0 Å². The van der Waals surface area contributed by atoms with Gasteiger partial charge in [0, 0.05) is 25.0 Å². The molecule has 112 valence electrons. The lowest BCUT2D eigenvalue weighted by atomic mass is 10.1. The molecule has 0 atom stereocenters. The fourth-order valence-electron chi connectivity index (χ4n) is 2.49. The Kier molecular flexibility index (Phi) is 5.40. The number of benzene rings is 2. The van der Waals surface area contributed by atoms with E-state index in [-0.39, 0.29) is 0 Å². The van der Waals surface area contributed by atoms with Crippen molar-refractivity contribution in [1.82, 2.24) is 5.32 Å². The van der Waals surface area contributed by atoms with Crippen LogP contribution in [0.25, 0.3) is 0 Å². The minimum atomic E-state index is 0.918. The molecule has 1 N–H and O–H groups in total. The summed E-state index contributed by atoms with van der Waals surface area (Å²) in [5.41, 5.74) is 6.45. The van der Waals surface area contributed by atoms with Gasteiger partial charge in [0.25, 0.3) is 0 Å². The van der Waals surface area contributed by atoms with Crippen molar-refractivity contribution in [3.8, 4) is 0 Å². The maximum Gasteiger partial charge on any atom is 0.0453 e. The molecule has 0 radical (unpaired) electrons. The Morgan fingerprint density at radius 3 is 2.29 bits per heavy atom. The fraction of sp³-hybridized carbons (Fsp3) is 0.368. The third-order valence-electron chi connectivity index (χ3n) is 3.76. The molecule has 0 saturated heterocycles. The average Bonchev–Trinajstić information content (AvgIpc) is 2.48. The van der Waals surface area contributed by atoms with Gasteiger partial charge in [0.2, 0.25) is 0 Å². The summed E-state index contributed by atoms with van der Waals surface area (Å²) in [4.78, 5) is 2.27. The molecule has 0 fully saturated rings. The average molecular weight is 282 g/mol. The first-order valence-corrected chi connectivity index (χ1v) is 7.72. The molecule has 0 heterocycles. The maximum absolute atomic E-state index is 3.51. The van der Waals surface area contributed by atoms with Gasteiger partial charge in [-0.3, -0.25) is 0 Å². The molecule has 2 nitrogen and oxygen atoms in total. The van der Waals surface area contributed by atoms with Crippen molar-refractivity contribution in [2.24, 2.45) is 0 Å². The van der Waals surface area contributed by atoms with E-state index >= 15 is 0 Å². The first-order chi connectivity index (χ1) is 10.1. The summed E-state index contributed by atoms with van der Waals surface area (Å²) in [7, 11) is 2.14. The highest BCUT2D eigenvalue weighted by atomic mass is 15.1. The van der Waals surface area contributed by atoms with Crippen LogP contribution < -0.4 is 10.2 Å². The third kappa shape index (κ3) is 4.08. The van der Waals surface area contributed by atoms with E-state index in [0.29, 0.717) is 0 Å². The largest absolute Gasteiger partial charge is 0.344 e. The molecule has 0 amide bonds. The molecule has 0 bridgehead atoms. The van der Waals surface area contributed by atoms with Crippen LogP contribution in [0.4, 0.5) is 11.4 Å². The van der Waals surface area contributed by atoms with Crippen LogP contribution in [0.2, 0.25) is 0 Å². The fourth-order valence-corrected chi connectivity index (χ4v) is 2.49. The van der Waals surface area contributed by atoms with E-state index in [1.807, 2.05) is 0 Å². The highest BCUT2D eigenvalue weighted by molar-refractivity contribution is 5.66. The predicted octanol–water partition coefficient (Wildman–Crippen LogP) is 4.57. The molecule has 0 aliphatic heterocycles. The molecule has 2 rings (SSSR count). The van der Waals surface area contributed by atoms with Crippen molar-refractivity contribution < 1.29 is 0 Å². The molecule has 21 heavy (non-hydrogen) atoms. The summed E-state index contributed by atoms with van der Waals surface area (Å²) in [6, 6.07) is 15.4. The quantitative estimate of drug-likeness (QED) is 0.781. The summed E-state index contributed by atoms with van der Waals surface area (Å²) >= 11 is 0. The van der Waals surface area contributed by atoms with Crippen LogP contribution in [0.5, 0.6) is 0 Å². The molecule has 0 aliphatic rings. The van der Waals surface area contributed by atoms with Crippen molar-refractivity contribution in [2.75, 3.05) is 18.5 Å². The Labute approximate surface area is 128 Å². The molecular formula is C19H26N2. The van der Waals surface area contributed by atoms with Crippen LogP contribution in [-0.2, 0) is 6.54 Å². The van der Waals surface area contributed by atoms with Crippen LogP contribution >= 0.6 is 0 Å². The van der Waals surface area contributed by atoms with Crippen molar-refractivity contribution in [3.63, 3.8) is 0 Å². The number of anilines is 2. The van der Waals surface area contributed by atoms with Gasteiger partial charge in [-0.2, -0.15) is 0 Å². The SMILES string of the molecule is CCCNCc1cc(C)ccc1N(C)c1ccc(C)cc1. The smallest absolute Gasteiger partial charge is 0.0453 e. The predicted molar refractivity (Wildman–Crippen MR) is 92.4 cm³/mol.